The highest BCUT2D eigenvalue weighted by Gasteiger charge is 2.41. The van der Waals surface area contributed by atoms with Crippen molar-refractivity contribution in [1.29, 1.82) is 0 Å². The summed E-state index contributed by atoms with van der Waals surface area (Å²) >= 11 is 0. The van der Waals surface area contributed by atoms with Gasteiger partial charge < -0.3 is 15.0 Å². The standard InChI is InChI=1S/C14H17FN2O2/c15-12-3-1-11(2-4-12)7-17-10-14(5-6-16-9-14)19-8-13(17)18/h1-4,16H,5-10H2. The van der Waals surface area contributed by atoms with Crippen LogP contribution in [0, 0.1) is 5.82 Å². The molecule has 102 valence electrons. The minimum Gasteiger partial charge on any atom is -0.362 e. The molecule has 5 heteroatoms. The molecular formula is C14H17FN2O2. The Hall–Kier alpha value is -1.46. The van der Waals surface area contributed by atoms with Gasteiger partial charge in [-0.3, -0.25) is 4.79 Å². The van der Waals surface area contributed by atoms with E-state index in [2.05, 4.69) is 5.32 Å². The summed E-state index contributed by atoms with van der Waals surface area (Å²) in [6.07, 6.45) is 0.931. The first-order valence-corrected chi connectivity index (χ1v) is 6.54. The molecule has 1 aromatic carbocycles. The van der Waals surface area contributed by atoms with Crippen LogP contribution in [0.15, 0.2) is 24.3 Å². The summed E-state index contributed by atoms with van der Waals surface area (Å²) in [6, 6.07) is 6.29. The Morgan fingerprint density at radius 1 is 1.37 bits per heavy atom. The molecule has 0 aromatic heterocycles. The van der Waals surface area contributed by atoms with Crippen LogP contribution in [0.3, 0.4) is 0 Å². The Bertz CT molecular complexity index is 469. The normalized spacial score (nSPS) is 27.2. The second-order valence-corrected chi connectivity index (χ2v) is 5.27. The highest BCUT2D eigenvalue weighted by atomic mass is 19.1. The second-order valence-electron chi connectivity index (χ2n) is 5.27. The number of hydrogen-bond acceptors (Lipinski definition) is 3. The summed E-state index contributed by atoms with van der Waals surface area (Å²) in [5.41, 5.74) is 0.714. The molecule has 1 N–H and O–H groups in total. The van der Waals surface area contributed by atoms with E-state index in [0.29, 0.717) is 13.1 Å². The van der Waals surface area contributed by atoms with Gasteiger partial charge in [0.2, 0.25) is 5.91 Å². The van der Waals surface area contributed by atoms with E-state index in [1.807, 2.05) is 4.90 Å². The Labute approximate surface area is 111 Å². The number of benzene rings is 1. The SMILES string of the molecule is O=C1COC2(CCNC2)CN1Cc1ccc(F)cc1. The lowest BCUT2D eigenvalue weighted by Gasteiger charge is -2.39. The molecule has 0 saturated carbocycles. The van der Waals surface area contributed by atoms with Crippen LogP contribution in [0.1, 0.15) is 12.0 Å². The van der Waals surface area contributed by atoms with Crippen molar-refractivity contribution in [2.45, 2.75) is 18.6 Å². The Balaban J connectivity index is 1.71. The fourth-order valence-corrected chi connectivity index (χ4v) is 2.72. The van der Waals surface area contributed by atoms with Crippen LogP contribution in [0.4, 0.5) is 4.39 Å². The summed E-state index contributed by atoms with van der Waals surface area (Å²) in [5, 5.41) is 3.28. The van der Waals surface area contributed by atoms with Gasteiger partial charge >= 0.3 is 0 Å². The molecule has 2 heterocycles. The van der Waals surface area contributed by atoms with Crippen molar-refractivity contribution in [2.75, 3.05) is 26.2 Å². The summed E-state index contributed by atoms with van der Waals surface area (Å²) < 4.78 is 18.6. The van der Waals surface area contributed by atoms with Crippen LogP contribution < -0.4 is 5.32 Å². The monoisotopic (exact) mass is 264 g/mol. The molecule has 2 saturated heterocycles. The number of hydrogen-bond donors (Lipinski definition) is 1. The lowest BCUT2D eigenvalue weighted by atomic mass is 10.00. The van der Waals surface area contributed by atoms with Crippen LogP contribution in [0.2, 0.25) is 0 Å². The first-order chi connectivity index (χ1) is 9.17. The number of ether oxygens (including phenoxy) is 1. The second kappa shape index (κ2) is 4.90. The third kappa shape index (κ3) is 2.62. The van der Waals surface area contributed by atoms with Gasteiger partial charge in [0.15, 0.2) is 0 Å². The highest BCUT2D eigenvalue weighted by molar-refractivity contribution is 5.78. The molecule has 0 radical (unpaired) electrons. The van der Waals surface area contributed by atoms with Crippen molar-refractivity contribution >= 4 is 5.91 Å². The number of rotatable bonds is 2. The van der Waals surface area contributed by atoms with Gasteiger partial charge in [0.05, 0.1) is 12.1 Å². The zero-order valence-electron chi connectivity index (χ0n) is 10.7. The minimum absolute atomic E-state index is 0.00171. The molecule has 2 aliphatic heterocycles. The summed E-state index contributed by atoms with van der Waals surface area (Å²) in [6.45, 7) is 2.99. The maximum Gasteiger partial charge on any atom is 0.249 e. The minimum atomic E-state index is -0.256. The van der Waals surface area contributed by atoms with Crippen LogP contribution in [0.25, 0.3) is 0 Å². The van der Waals surface area contributed by atoms with E-state index in [9.17, 15) is 9.18 Å². The topological polar surface area (TPSA) is 41.6 Å². The van der Waals surface area contributed by atoms with Gasteiger partial charge in [-0.25, -0.2) is 4.39 Å². The lowest BCUT2D eigenvalue weighted by molar-refractivity contribution is -0.161. The van der Waals surface area contributed by atoms with Crippen molar-refractivity contribution in [3.63, 3.8) is 0 Å². The number of halogens is 1. The number of carbonyl (C=O) groups is 1. The zero-order valence-corrected chi connectivity index (χ0v) is 10.7. The molecule has 1 atom stereocenters. The number of carbonyl (C=O) groups excluding carboxylic acids is 1. The quantitative estimate of drug-likeness (QED) is 0.863. The van der Waals surface area contributed by atoms with Gasteiger partial charge in [-0.05, 0) is 30.7 Å². The van der Waals surface area contributed by atoms with Gasteiger partial charge in [-0.15, -0.1) is 0 Å². The number of nitrogens with zero attached hydrogens (tertiary/aromatic N) is 1. The summed E-state index contributed by atoms with van der Waals surface area (Å²) in [7, 11) is 0. The first-order valence-electron chi connectivity index (χ1n) is 6.54. The molecule has 0 aliphatic carbocycles. The number of nitrogens with one attached hydrogen (secondary N) is 1. The molecule has 1 unspecified atom stereocenters. The summed E-state index contributed by atoms with van der Waals surface area (Å²) in [4.78, 5) is 13.7. The third-order valence-electron chi connectivity index (χ3n) is 3.82. The maximum absolute atomic E-state index is 12.9. The smallest absolute Gasteiger partial charge is 0.249 e. The van der Waals surface area contributed by atoms with Crippen LogP contribution in [-0.2, 0) is 16.1 Å². The van der Waals surface area contributed by atoms with Gasteiger partial charge in [-0.1, -0.05) is 12.1 Å². The van der Waals surface area contributed by atoms with Crippen molar-refractivity contribution in [1.82, 2.24) is 10.2 Å². The molecule has 0 bridgehead atoms. The predicted molar refractivity (Wildman–Crippen MR) is 68.0 cm³/mol. The molecular weight excluding hydrogens is 247 g/mol. The Morgan fingerprint density at radius 2 is 2.16 bits per heavy atom. The fourth-order valence-electron chi connectivity index (χ4n) is 2.72. The highest BCUT2D eigenvalue weighted by Crippen LogP contribution is 2.26. The van der Waals surface area contributed by atoms with Crippen molar-refractivity contribution in [3.05, 3.63) is 35.6 Å². The summed E-state index contributed by atoms with van der Waals surface area (Å²) in [5.74, 6) is -0.254. The van der Waals surface area contributed by atoms with E-state index in [4.69, 9.17) is 4.74 Å². The molecule has 4 nitrogen and oxygen atoms in total. The molecule has 1 spiro atoms. The van der Waals surface area contributed by atoms with Gasteiger partial charge in [-0.2, -0.15) is 0 Å². The number of morpholine rings is 1. The predicted octanol–water partition coefficient (Wildman–Crippen LogP) is 0.917. The average Bonchev–Trinajstić information content (AvgIpc) is 2.85. The van der Waals surface area contributed by atoms with Crippen molar-refractivity contribution in [2.24, 2.45) is 0 Å². The molecule has 1 amide bonds. The number of amides is 1. The molecule has 3 rings (SSSR count). The fraction of sp³-hybridized carbons (Fsp3) is 0.500. The van der Waals surface area contributed by atoms with E-state index in [-0.39, 0.29) is 23.9 Å². The molecule has 19 heavy (non-hydrogen) atoms. The van der Waals surface area contributed by atoms with Crippen LogP contribution in [0.5, 0.6) is 0 Å². The van der Waals surface area contributed by atoms with E-state index in [0.717, 1.165) is 25.1 Å². The van der Waals surface area contributed by atoms with E-state index < -0.39 is 0 Å². The molecule has 2 fully saturated rings. The van der Waals surface area contributed by atoms with Crippen molar-refractivity contribution < 1.29 is 13.9 Å². The van der Waals surface area contributed by atoms with E-state index >= 15 is 0 Å². The molecule has 2 aliphatic rings. The van der Waals surface area contributed by atoms with Gasteiger partial charge in [0.1, 0.15) is 12.4 Å². The lowest BCUT2D eigenvalue weighted by Crippen LogP contribution is -2.55. The van der Waals surface area contributed by atoms with Crippen LogP contribution >= 0.6 is 0 Å². The largest absolute Gasteiger partial charge is 0.362 e. The maximum atomic E-state index is 12.9. The third-order valence-corrected chi connectivity index (χ3v) is 3.82. The average molecular weight is 264 g/mol. The van der Waals surface area contributed by atoms with E-state index in [1.165, 1.54) is 12.1 Å². The first kappa shape index (κ1) is 12.6. The molecule has 1 aromatic rings. The van der Waals surface area contributed by atoms with E-state index in [1.54, 1.807) is 12.1 Å². The Morgan fingerprint density at radius 3 is 2.84 bits per heavy atom. The van der Waals surface area contributed by atoms with Gasteiger partial charge in [0, 0.05) is 13.1 Å². The zero-order chi connectivity index (χ0) is 13.3. The Kier molecular flexibility index (Phi) is 3.24. The van der Waals surface area contributed by atoms with Crippen molar-refractivity contribution in [3.8, 4) is 0 Å². The van der Waals surface area contributed by atoms with Gasteiger partial charge in [0.25, 0.3) is 0 Å². The van der Waals surface area contributed by atoms with Crippen LogP contribution in [-0.4, -0.2) is 42.6 Å².